The lowest BCUT2D eigenvalue weighted by molar-refractivity contribution is -0.131. The number of aliphatic imine (C=N–C) groups is 1. The number of amides is 4. The summed E-state index contributed by atoms with van der Waals surface area (Å²) in [6.07, 6.45) is 4.79. The minimum atomic E-state index is -1.04. The Kier molecular flexibility index (Phi) is 7.06. The van der Waals surface area contributed by atoms with Gasteiger partial charge >= 0.3 is 6.03 Å². The van der Waals surface area contributed by atoms with Gasteiger partial charge in [0.15, 0.2) is 5.92 Å². The van der Waals surface area contributed by atoms with E-state index in [9.17, 15) is 14.4 Å². The summed E-state index contributed by atoms with van der Waals surface area (Å²) in [5.41, 5.74) is 1.82. The van der Waals surface area contributed by atoms with E-state index in [-0.39, 0.29) is 0 Å². The smallest absolute Gasteiger partial charge is 0.293 e. The number of barbiturate groups is 1. The maximum Gasteiger partial charge on any atom is 0.335 e. The van der Waals surface area contributed by atoms with E-state index in [4.69, 9.17) is 0 Å². The third-order valence-corrected chi connectivity index (χ3v) is 4.54. The van der Waals surface area contributed by atoms with Crippen molar-refractivity contribution in [1.29, 1.82) is 0 Å². The van der Waals surface area contributed by atoms with Crippen molar-refractivity contribution in [2.75, 3.05) is 11.4 Å². The predicted molar refractivity (Wildman–Crippen MR) is 102 cm³/mol. The quantitative estimate of drug-likeness (QED) is 0.438. The first-order valence-electron chi connectivity index (χ1n) is 9.28. The Hall–Kier alpha value is -2.50. The van der Waals surface area contributed by atoms with E-state index in [2.05, 4.69) is 17.2 Å². The Bertz CT molecular complexity index is 712. The van der Waals surface area contributed by atoms with Crippen molar-refractivity contribution in [1.82, 2.24) is 5.32 Å². The zero-order chi connectivity index (χ0) is 19.1. The standard InChI is InChI=1S/C20H27N3O3/c1-4-6-7-10-13-21-15(5-2)17-18(24)22-20(26)23(19(17)25)16-12-9-8-11-14(16)3/h8-9,11-12,17H,4-7,10,13H2,1-3H3,(H,22,24,26). The topological polar surface area (TPSA) is 78.8 Å². The molecule has 1 saturated heterocycles. The number of hydrogen-bond donors (Lipinski definition) is 1. The fraction of sp³-hybridized carbons (Fsp3) is 0.500. The Balaban J connectivity index is 2.25. The second-order valence-corrected chi connectivity index (χ2v) is 6.47. The van der Waals surface area contributed by atoms with Gasteiger partial charge < -0.3 is 0 Å². The number of carbonyl (C=O) groups excluding carboxylic acids is 3. The molecule has 1 aliphatic rings. The molecule has 1 aliphatic heterocycles. The molecule has 1 N–H and O–H groups in total. The van der Waals surface area contributed by atoms with E-state index in [1.54, 1.807) is 12.1 Å². The van der Waals surface area contributed by atoms with Crippen molar-refractivity contribution >= 4 is 29.2 Å². The number of aryl methyl sites for hydroxylation is 1. The summed E-state index contributed by atoms with van der Waals surface area (Å²) in [5.74, 6) is -2.15. The van der Waals surface area contributed by atoms with Gasteiger partial charge in [-0.15, -0.1) is 0 Å². The molecule has 1 aromatic rings. The fourth-order valence-electron chi connectivity index (χ4n) is 3.08. The number of carbonyl (C=O) groups is 3. The monoisotopic (exact) mass is 357 g/mol. The maximum atomic E-state index is 13.0. The van der Waals surface area contributed by atoms with Crippen molar-refractivity contribution in [3.63, 3.8) is 0 Å². The zero-order valence-electron chi connectivity index (χ0n) is 15.7. The van der Waals surface area contributed by atoms with E-state index < -0.39 is 23.8 Å². The van der Waals surface area contributed by atoms with Crippen molar-refractivity contribution in [2.24, 2.45) is 10.9 Å². The largest absolute Gasteiger partial charge is 0.335 e. The average molecular weight is 357 g/mol. The van der Waals surface area contributed by atoms with Crippen LogP contribution < -0.4 is 10.2 Å². The number of anilines is 1. The number of benzene rings is 1. The molecule has 0 aromatic heterocycles. The van der Waals surface area contributed by atoms with Gasteiger partial charge in [-0.3, -0.25) is 19.9 Å². The number of nitrogens with zero attached hydrogens (tertiary/aromatic N) is 2. The lowest BCUT2D eigenvalue weighted by atomic mass is 9.95. The number of nitrogens with one attached hydrogen (secondary N) is 1. The van der Waals surface area contributed by atoms with Crippen LogP contribution in [0.1, 0.15) is 51.5 Å². The van der Waals surface area contributed by atoms with Crippen LogP contribution in [-0.4, -0.2) is 30.1 Å². The lowest BCUT2D eigenvalue weighted by Gasteiger charge is -2.31. The van der Waals surface area contributed by atoms with Crippen molar-refractivity contribution < 1.29 is 14.4 Å². The Labute approximate surface area is 154 Å². The summed E-state index contributed by atoms with van der Waals surface area (Å²) < 4.78 is 0. The van der Waals surface area contributed by atoms with E-state index in [0.717, 1.165) is 36.1 Å². The molecule has 140 valence electrons. The molecule has 4 amide bonds. The molecule has 0 radical (unpaired) electrons. The van der Waals surface area contributed by atoms with Crippen molar-refractivity contribution in [3.05, 3.63) is 29.8 Å². The van der Waals surface area contributed by atoms with Gasteiger partial charge in [0.1, 0.15) is 0 Å². The summed E-state index contributed by atoms with van der Waals surface area (Å²) in [5, 5.41) is 2.31. The van der Waals surface area contributed by atoms with Crippen LogP contribution >= 0.6 is 0 Å². The van der Waals surface area contributed by atoms with Gasteiger partial charge in [-0.25, -0.2) is 9.69 Å². The molecule has 6 heteroatoms. The maximum absolute atomic E-state index is 13.0. The third-order valence-electron chi connectivity index (χ3n) is 4.54. The van der Waals surface area contributed by atoms with Gasteiger partial charge in [-0.1, -0.05) is 51.3 Å². The molecule has 1 heterocycles. The van der Waals surface area contributed by atoms with Gasteiger partial charge in [0.05, 0.1) is 5.69 Å². The van der Waals surface area contributed by atoms with E-state index in [1.807, 2.05) is 26.0 Å². The fourth-order valence-corrected chi connectivity index (χ4v) is 3.08. The number of hydrogen-bond acceptors (Lipinski definition) is 4. The third kappa shape index (κ3) is 4.36. The van der Waals surface area contributed by atoms with Crippen LogP contribution in [0.15, 0.2) is 29.3 Å². The minimum Gasteiger partial charge on any atom is -0.293 e. The second kappa shape index (κ2) is 9.27. The molecule has 0 aliphatic carbocycles. The van der Waals surface area contributed by atoms with Crippen LogP contribution in [0.3, 0.4) is 0 Å². The molecular weight excluding hydrogens is 330 g/mol. The van der Waals surface area contributed by atoms with Crippen molar-refractivity contribution in [3.8, 4) is 0 Å². The molecule has 1 atom stereocenters. The van der Waals surface area contributed by atoms with Crippen LogP contribution in [0.2, 0.25) is 0 Å². The van der Waals surface area contributed by atoms with E-state index in [0.29, 0.717) is 24.4 Å². The van der Waals surface area contributed by atoms with Gasteiger partial charge in [0.25, 0.3) is 5.91 Å². The molecule has 2 rings (SSSR count). The summed E-state index contributed by atoms with van der Waals surface area (Å²) in [6.45, 7) is 6.44. The van der Waals surface area contributed by atoms with Crippen LogP contribution in [0.4, 0.5) is 10.5 Å². The number of unbranched alkanes of at least 4 members (excludes halogenated alkanes) is 3. The first-order chi connectivity index (χ1) is 12.5. The normalized spacial score (nSPS) is 18.3. The van der Waals surface area contributed by atoms with Crippen LogP contribution in [-0.2, 0) is 9.59 Å². The van der Waals surface area contributed by atoms with Crippen LogP contribution in [0, 0.1) is 12.8 Å². The number of rotatable bonds is 8. The van der Waals surface area contributed by atoms with Crippen LogP contribution in [0.5, 0.6) is 0 Å². The molecule has 0 saturated carbocycles. The number of para-hydroxylation sites is 1. The Morgan fingerprint density at radius 3 is 2.50 bits per heavy atom. The van der Waals surface area contributed by atoms with Gasteiger partial charge in [-0.2, -0.15) is 0 Å². The minimum absolute atomic E-state index is 0.492. The molecule has 1 unspecified atom stereocenters. The SMILES string of the molecule is CCCCCCN=C(CC)C1C(=O)NC(=O)N(c2ccccc2C)C1=O. The van der Waals surface area contributed by atoms with Crippen LogP contribution in [0.25, 0.3) is 0 Å². The highest BCUT2D eigenvalue weighted by atomic mass is 16.2. The molecular formula is C20H27N3O3. The average Bonchev–Trinajstić information content (AvgIpc) is 2.61. The summed E-state index contributed by atoms with van der Waals surface area (Å²) in [6, 6.07) is 6.42. The Morgan fingerprint density at radius 2 is 1.85 bits per heavy atom. The summed E-state index contributed by atoms with van der Waals surface area (Å²) in [7, 11) is 0. The Morgan fingerprint density at radius 1 is 1.12 bits per heavy atom. The molecule has 1 fully saturated rings. The first kappa shape index (κ1) is 19.8. The highest BCUT2D eigenvalue weighted by Gasteiger charge is 2.43. The van der Waals surface area contributed by atoms with Gasteiger partial charge in [0, 0.05) is 12.3 Å². The molecule has 6 nitrogen and oxygen atoms in total. The highest BCUT2D eigenvalue weighted by Crippen LogP contribution is 2.25. The van der Waals surface area contributed by atoms with E-state index in [1.165, 1.54) is 0 Å². The molecule has 0 spiro atoms. The zero-order valence-corrected chi connectivity index (χ0v) is 15.7. The van der Waals surface area contributed by atoms with Gasteiger partial charge in [-0.05, 0) is 31.4 Å². The van der Waals surface area contributed by atoms with E-state index >= 15 is 0 Å². The summed E-state index contributed by atoms with van der Waals surface area (Å²) >= 11 is 0. The van der Waals surface area contributed by atoms with Crippen molar-refractivity contribution in [2.45, 2.75) is 52.9 Å². The number of urea groups is 1. The lowest BCUT2D eigenvalue weighted by Crippen LogP contribution is -2.60. The van der Waals surface area contributed by atoms with Gasteiger partial charge in [0.2, 0.25) is 5.91 Å². The first-order valence-corrected chi connectivity index (χ1v) is 9.28. The highest BCUT2D eigenvalue weighted by molar-refractivity contribution is 6.35. The molecule has 26 heavy (non-hydrogen) atoms. The molecule has 1 aromatic carbocycles. The molecule has 0 bridgehead atoms. The second-order valence-electron chi connectivity index (χ2n) is 6.47. The number of imide groups is 2. The predicted octanol–water partition coefficient (Wildman–Crippen LogP) is 3.63. The summed E-state index contributed by atoms with van der Waals surface area (Å²) in [4.78, 5) is 43.2.